The molecule has 0 bridgehead atoms. The van der Waals surface area contributed by atoms with Crippen LogP contribution in [0, 0.1) is 0 Å². The van der Waals surface area contributed by atoms with E-state index in [1.165, 1.54) is 11.1 Å². The van der Waals surface area contributed by atoms with Gasteiger partial charge in [-0.3, -0.25) is 0 Å². The topological polar surface area (TPSA) is 9.23 Å². The van der Waals surface area contributed by atoms with Gasteiger partial charge in [0.2, 0.25) is 0 Å². The van der Waals surface area contributed by atoms with E-state index in [1.54, 1.807) is 0 Å². The van der Waals surface area contributed by atoms with Crippen molar-refractivity contribution in [2.75, 3.05) is 0 Å². The van der Waals surface area contributed by atoms with E-state index < -0.39 is 0 Å². The first-order valence-corrected chi connectivity index (χ1v) is 8.12. The predicted octanol–water partition coefficient (Wildman–Crippen LogP) is 6.44. The molecule has 0 spiro atoms. The quantitative estimate of drug-likeness (QED) is 0.501. The summed E-state index contributed by atoms with van der Waals surface area (Å²) in [5.74, 6) is 1.88. The first-order valence-electron chi connectivity index (χ1n) is 7.74. The zero-order chi connectivity index (χ0) is 16.0. The van der Waals surface area contributed by atoms with Crippen LogP contribution in [0.3, 0.4) is 0 Å². The highest BCUT2D eigenvalue weighted by Gasteiger charge is 2.35. The number of para-hydroxylation sites is 2. The second-order valence-electron chi connectivity index (χ2n) is 6.41. The Bertz CT molecular complexity index is 879. The van der Waals surface area contributed by atoms with Crippen LogP contribution in [0.1, 0.15) is 25.0 Å². The van der Waals surface area contributed by atoms with Gasteiger partial charge in [0.15, 0.2) is 0 Å². The summed E-state index contributed by atoms with van der Waals surface area (Å²) in [6.45, 7) is 4.50. The second kappa shape index (κ2) is 5.14. The smallest absolute Gasteiger partial charge is 0.139 e. The van der Waals surface area contributed by atoms with Gasteiger partial charge in [0.05, 0.1) is 0 Å². The van der Waals surface area contributed by atoms with Crippen molar-refractivity contribution in [1.29, 1.82) is 0 Å². The van der Waals surface area contributed by atoms with E-state index in [0.29, 0.717) is 0 Å². The third-order valence-corrected chi connectivity index (χ3v) is 4.87. The summed E-state index contributed by atoms with van der Waals surface area (Å²) < 4.78 is 6.30. The maximum atomic E-state index is 6.30. The number of rotatable bonds is 1. The molecule has 0 unspecified atom stereocenters. The first kappa shape index (κ1) is 14.3. The summed E-state index contributed by atoms with van der Waals surface area (Å²) in [4.78, 5) is 0. The Hall–Kier alpha value is -2.25. The lowest BCUT2D eigenvalue weighted by atomic mass is 9.75. The Balaban J connectivity index is 1.94. The Labute approximate surface area is 141 Å². The minimum Gasteiger partial charge on any atom is -0.456 e. The van der Waals surface area contributed by atoms with Crippen LogP contribution in [0.15, 0.2) is 66.7 Å². The molecular formula is C21H17ClO. The lowest BCUT2D eigenvalue weighted by molar-refractivity contribution is 0.419. The van der Waals surface area contributed by atoms with Gasteiger partial charge in [-0.2, -0.15) is 0 Å². The lowest BCUT2D eigenvalue weighted by Crippen LogP contribution is -2.24. The lowest BCUT2D eigenvalue weighted by Gasteiger charge is -2.35. The van der Waals surface area contributed by atoms with Crippen LogP contribution in [0.5, 0.6) is 11.5 Å². The molecule has 23 heavy (non-hydrogen) atoms. The Kier molecular flexibility index (Phi) is 3.21. The third-order valence-electron chi connectivity index (χ3n) is 4.62. The monoisotopic (exact) mass is 320 g/mol. The van der Waals surface area contributed by atoms with Gasteiger partial charge in [0.1, 0.15) is 11.5 Å². The summed E-state index contributed by atoms with van der Waals surface area (Å²) in [6, 6.07) is 22.5. The van der Waals surface area contributed by atoms with E-state index in [-0.39, 0.29) is 5.41 Å². The molecule has 1 heterocycles. The Morgan fingerprint density at radius 1 is 0.783 bits per heavy atom. The van der Waals surface area contributed by atoms with Crippen LogP contribution >= 0.6 is 11.6 Å². The minimum atomic E-state index is -0.0907. The number of ether oxygens (including phenoxy) is 1. The van der Waals surface area contributed by atoms with E-state index >= 15 is 0 Å². The maximum Gasteiger partial charge on any atom is 0.139 e. The second-order valence-corrected chi connectivity index (χ2v) is 6.85. The first-order chi connectivity index (χ1) is 11.1. The van der Waals surface area contributed by atoms with Gasteiger partial charge in [-0.15, -0.1) is 0 Å². The van der Waals surface area contributed by atoms with Gasteiger partial charge < -0.3 is 4.74 Å². The summed E-state index contributed by atoms with van der Waals surface area (Å²) in [5, 5.41) is 0.741. The van der Waals surface area contributed by atoms with Gasteiger partial charge in [-0.1, -0.05) is 74.0 Å². The zero-order valence-corrected chi connectivity index (χ0v) is 13.9. The molecule has 0 fully saturated rings. The minimum absolute atomic E-state index is 0.0907. The summed E-state index contributed by atoms with van der Waals surface area (Å²) in [6.07, 6.45) is 0. The number of benzene rings is 3. The van der Waals surface area contributed by atoms with Gasteiger partial charge in [-0.05, 0) is 23.8 Å². The van der Waals surface area contributed by atoms with E-state index in [9.17, 15) is 0 Å². The number of hydrogen-bond donors (Lipinski definition) is 0. The third kappa shape index (κ3) is 2.24. The van der Waals surface area contributed by atoms with Crippen molar-refractivity contribution >= 4 is 11.6 Å². The van der Waals surface area contributed by atoms with Gasteiger partial charge >= 0.3 is 0 Å². The van der Waals surface area contributed by atoms with Crippen molar-refractivity contribution in [3.05, 3.63) is 82.9 Å². The maximum absolute atomic E-state index is 6.30. The zero-order valence-electron chi connectivity index (χ0n) is 13.1. The molecule has 0 radical (unpaired) electrons. The number of hydrogen-bond acceptors (Lipinski definition) is 1. The molecule has 2 heteroatoms. The molecule has 0 saturated heterocycles. The highest BCUT2D eigenvalue weighted by Crippen LogP contribution is 2.50. The number of fused-ring (bicyclic) bond motifs is 2. The molecule has 1 aliphatic heterocycles. The molecule has 0 N–H and O–H groups in total. The molecule has 3 aromatic rings. The van der Waals surface area contributed by atoms with E-state index in [0.717, 1.165) is 27.6 Å². The van der Waals surface area contributed by atoms with Gasteiger partial charge in [-0.25, -0.2) is 0 Å². The van der Waals surface area contributed by atoms with E-state index in [1.807, 2.05) is 36.4 Å². The molecule has 0 aliphatic carbocycles. The Morgan fingerprint density at radius 2 is 1.48 bits per heavy atom. The molecule has 4 rings (SSSR count). The van der Waals surface area contributed by atoms with E-state index in [2.05, 4.69) is 44.2 Å². The van der Waals surface area contributed by atoms with Crippen LogP contribution < -0.4 is 4.74 Å². The summed E-state index contributed by atoms with van der Waals surface area (Å²) in [7, 11) is 0. The fourth-order valence-electron chi connectivity index (χ4n) is 3.32. The molecular weight excluding hydrogens is 304 g/mol. The standard InChI is InChI=1S/C21H17ClO/c1-21(2)17-7-3-4-9-19(17)23-20-16(6-5-8-18(20)21)14-10-12-15(22)13-11-14/h3-13H,1-2H3. The van der Waals surface area contributed by atoms with Crippen LogP contribution in [-0.4, -0.2) is 0 Å². The molecule has 0 atom stereocenters. The Morgan fingerprint density at radius 3 is 2.26 bits per heavy atom. The molecule has 0 saturated carbocycles. The van der Waals surface area contributed by atoms with Gasteiger partial charge in [0.25, 0.3) is 0 Å². The predicted molar refractivity (Wildman–Crippen MR) is 95.5 cm³/mol. The van der Waals surface area contributed by atoms with E-state index in [4.69, 9.17) is 16.3 Å². The van der Waals surface area contributed by atoms with Gasteiger partial charge in [0, 0.05) is 27.1 Å². The molecule has 1 aliphatic rings. The average molecular weight is 321 g/mol. The molecule has 0 amide bonds. The largest absolute Gasteiger partial charge is 0.456 e. The normalized spacial score (nSPS) is 14.6. The van der Waals surface area contributed by atoms with Crippen LogP contribution in [-0.2, 0) is 5.41 Å². The highest BCUT2D eigenvalue weighted by atomic mass is 35.5. The molecule has 0 aromatic heterocycles. The SMILES string of the molecule is CC1(C)c2ccccc2Oc2c(-c3ccc(Cl)cc3)cccc21. The van der Waals surface area contributed by atoms with Crippen LogP contribution in [0.4, 0.5) is 0 Å². The van der Waals surface area contributed by atoms with Crippen molar-refractivity contribution in [3.63, 3.8) is 0 Å². The van der Waals surface area contributed by atoms with Crippen molar-refractivity contribution in [2.45, 2.75) is 19.3 Å². The van der Waals surface area contributed by atoms with Crippen molar-refractivity contribution in [1.82, 2.24) is 0 Å². The molecule has 114 valence electrons. The fourth-order valence-corrected chi connectivity index (χ4v) is 3.45. The summed E-state index contributed by atoms with van der Waals surface area (Å²) >= 11 is 6.02. The van der Waals surface area contributed by atoms with Crippen LogP contribution in [0.25, 0.3) is 11.1 Å². The number of halogens is 1. The van der Waals surface area contributed by atoms with Crippen molar-refractivity contribution < 1.29 is 4.74 Å². The summed E-state index contributed by atoms with van der Waals surface area (Å²) in [5.41, 5.74) is 4.56. The molecule has 3 aromatic carbocycles. The van der Waals surface area contributed by atoms with Crippen molar-refractivity contribution in [3.8, 4) is 22.6 Å². The fraction of sp³-hybridized carbons (Fsp3) is 0.143. The average Bonchev–Trinajstić information content (AvgIpc) is 2.56. The van der Waals surface area contributed by atoms with Crippen molar-refractivity contribution in [2.24, 2.45) is 0 Å². The highest BCUT2D eigenvalue weighted by molar-refractivity contribution is 6.30. The van der Waals surface area contributed by atoms with Crippen LogP contribution in [0.2, 0.25) is 5.02 Å². The molecule has 1 nitrogen and oxygen atoms in total.